The molecule has 0 unspecified atom stereocenters. The SMILES string of the molecule is c1ccc(-c2nc(-c3ccc4ccc5ccc6ccccc6c5c4c3)nc(-c3c(-n4c5ccccc5c5ccccc54)ccc4ccccc34)n2)cc1. The summed E-state index contributed by atoms with van der Waals surface area (Å²) in [5.74, 6) is 1.90. The summed E-state index contributed by atoms with van der Waals surface area (Å²) in [6, 6.07) is 64.5. The summed E-state index contributed by atoms with van der Waals surface area (Å²) in [5.41, 5.74) is 6.14. The van der Waals surface area contributed by atoms with Gasteiger partial charge >= 0.3 is 0 Å². The largest absolute Gasteiger partial charge is 0.308 e. The highest BCUT2D eigenvalue weighted by Gasteiger charge is 2.21. The van der Waals surface area contributed by atoms with Gasteiger partial charge in [-0.25, -0.2) is 15.0 Å². The van der Waals surface area contributed by atoms with Crippen molar-refractivity contribution in [1.82, 2.24) is 19.5 Å². The van der Waals surface area contributed by atoms with Gasteiger partial charge in [0.1, 0.15) is 0 Å². The van der Waals surface area contributed by atoms with E-state index in [-0.39, 0.29) is 0 Å². The number of hydrogen-bond acceptors (Lipinski definition) is 3. The number of aromatic nitrogens is 4. The summed E-state index contributed by atoms with van der Waals surface area (Å²) in [6.07, 6.45) is 0. The van der Waals surface area contributed by atoms with E-state index in [1.165, 1.54) is 43.1 Å². The molecule has 0 atom stereocenters. The molecule has 2 aromatic heterocycles. The van der Waals surface area contributed by atoms with Crippen molar-refractivity contribution in [2.75, 3.05) is 0 Å². The van der Waals surface area contributed by atoms with E-state index in [9.17, 15) is 0 Å². The summed E-state index contributed by atoms with van der Waals surface area (Å²) < 4.78 is 2.37. The van der Waals surface area contributed by atoms with Gasteiger partial charge in [-0.3, -0.25) is 0 Å². The molecule has 0 aliphatic rings. The molecule has 0 saturated carbocycles. The van der Waals surface area contributed by atoms with E-state index in [0.29, 0.717) is 17.5 Å². The lowest BCUT2D eigenvalue weighted by Gasteiger charge is -2.17. The molecule has 0 spiro atoms. The van der Waals surface area contributed by atoms with E-state index in [1.54, 1.807) is 0 Å². The normalized spacial score (nSPS) is 11.8. The second kappa shape index (κ2) is 11.7. The van der Waals surface area contributed by atoms with Crippen LogP contribution in [0.25, 0.3) is 105 Å². The molecule has 246 valence electrons. The molecule has 0 aliphatic heterocycles. The van der Waals surface area contributed by atoms with Crippen LogP contribution in [0.4, 0.5) is 0 Å². The second-order valence-electron chi connectivity index (χ2n) is 13.6. The van der Waals surface area contributed by atoms with Gasteiger partial charge in [0.05, 0.1) is 22.3 Å². The van der Waals surface area contributed by atoms with Gasteiger partial charge in [0, 0.05) is 21.9 Å². The zero-order valence-corrected chi connectivity index (χ0v) is 28.6. The van der Waals surface area contributed by atoms with E-state index >= 15 is 0 Å². The minimum atomic E-state index is 0.631. The van der Waals surface area contributed by atoms with Crippen LogP contribution >= 0.6 is 0 Å². The Balaban J connectivity index is 1.23. The molecule has 0 saturated heterocycles. The predicted molar refractivity (Wildman–Crippen MR) is 220 cm³/mol. The standard InChI is InChI=1S/C49H30N4/c1-2-14-35(15-3-1)47-50-48(36-27-24-33-23-26-34-25-22-31-12-4-6-16-37(31)45(34)41(33)30-36)52-49(51-47)46-38-17-7-5-13-32(38)28-29-44(46)53-42-20-10-8-18-39(42)40-19-9-11-21-43(40)53/h1-30H. The highest BCUT2D eigenvalue weighted by atomic mass is 15.1. The van der Waals surface area contributed by atoms with E-state index in [1.807, 2.05) is 18.2 Å². The van der Waals surface area contributed by atoms with Crippen LogP contribution < -0.4 is 0 Å². The van der Waals surface area contributed by atoms with Gasteiger partial charge in [-0.15, -0.1) is 0 Å². The van der Waals surface area contributed by atoms with Crippen LogP contribution in [0.1, 0.15) is 0 Å². The van der Waals surface area contributed by atoms with Gasteiger partial charge in [0.2, 0.25) is 0 Å². The van der Waals surface area contributed by atoms with Crippen molar-refractivity contribution in [3.8, 4) is 39.9 Å². The Hall–Kier alpha value is -7.17. The maximum absolute atomic E-state index is 5.39. The molecule has 11 aromatic rings. The number of para-hydroxylation sites is 2. The van der Waals surface area contributed by atoms with Gasteiger partial charge in [-0.2, -0.15) is 0 Å². The predicted octanol–water partition coefficient (Wildman–Crippen LogP) is 12.6. The van der Waals surface area contributed by atoms with Crippen molar-refractivity contribution in [3.63, 3.8) is 0 Å². The molecule has 9 aromatic carbocycles. The van der Waals surface area contributed by atoms with E-state index in [2.05, 4.69) is 168 Å². The van der Waals surface area contributed by atoms with E-state index in [4.69, 9.17) is 15.0 Å². The van der Waals surface area contributed by atoms with Crippen LogP contribution in [-0.2, 0) is 0 Å². The Morgan fingerprint density at radius 3 is 1.53 bits per heavy atom. The average Bonchev–Trinajstić information content (AvgIpc) is 3.57. The molecule has 53 heavy (non-hydrogen) atoms. The van der Waals surface area contributed by atoms with E-state index in [0.717, 1.165) is 44.2 Å². The van der Waals surface area contributed by atoms with Crippen molar-refractivity contribution in [2.45, 2.75) is 0 Å². The van der Waals surface area contributed by atoms with Crippen molar-refractivity contribution in [1.29, 1.82) is 0 Å². The topological polar surface area (TPSA) is 43.6 Å². The molecule has 0 fully saturated rings. The Labute approximate surface area is 305 Å². The zero-order valence-electron chi connectivity index (χ0n) is 28.6. The fourth-order valence-electron chi connectivity index (χ4n) is 8.16. The van der Waals surface area contributed by atoms with Crippen molar-refractivity contribution >= 4 is 64.9 Å². The summed E-state index contributed by atoms with van der Waals surface area (Å²) >= 11 is 0. The molecule has 0 bridgehead atoms. The molecular formula is C49H30N4. The van der Waals surface area contributed by atoms with E-state index < -0.39 is 0 Å². The average molecular weight is 675 g/mol. The smallest absolute Gasteiger partial charge is 0.166 e. The van der Waals surface area contributed by atoms with Crippen molar-refractivity contribution in [2.24, 2.45) is 0 Å². The monoisotopic (exact) mass is 674 g/mol. The first-order chi connectivity index (χ1) is 26.3. The summed E-state index contributed by atoms with van der Waals surface area (Å²) in [4.78, 5) is 15.9. The first kappa shape index (κ1) is 29.5. The molecule has 0 N–H and O–H groups in total. The molecule has 0 radical (unpaired) electrons. The van der Waals surface area contributed by atoms with Gasteiger partial charge in [-0.05, 0) is 67.4 Å². The van der Waals surface area contributed by atoms with Crippen LogP contribution in [-0.4, -0.2) is 19.5 Å². The third-order valence-electron chi connectivity index (χ3n) is 10.6. The molecule has 11 rings (SSSR count). The third kappa shape index (κ3) is 4.66. The number of nitrogens with zero attached hydrogens (tertiary/aromatic N) is 4. The second-order valence-corrected chi connectivity index (χ2v) is 13.6. The molecular weight excluding hydrogens is 645 g/mol. The summed E-state index contributed by atoms with van der Waals surface area (Å²) in [6.45, 7) is 0. The Bertz CT molecular complexity index is 3170. The van der Waals surface area contributed by atoms with Crippen molar-refractivity contribution in [3.05, 3.63) is 182 Å². The van der Waals surface area contributed by atoms with Gasteiger partial charge in [0.25, 0.3) is 0 Å². The lowest BCUT2D eigenvalue weighted by Crippen LogP contribution is -2.04. The molecule has 0 aliphatic carbocycles. The first-order valence-corrected chi connectivity index (χ1v) is 18.0. The Kier molecular flexibility index (Phi) is 6.52. The highest BCUT2D eigenvalue weighted by molar-refractivity contribution is 6.20. The van der Waals surface area contributed by atoms with Crippen LogP contribution in [0.3, 0.4) is 0 Å². The van der Waals surface area contributed by atoms with Crippen LogP contribution in [0.2, 0.25) is 0 Å². The maximum Gasteiger partial charge on any atom is 0.166 e. The van der Waals surface area contributed by atoms with Gasteiger partial charge in [-0.1, -0.05) is 158 Å². The molecule has 2 heterocycles. The molecule has 4 nitrogen and oxygen atoms in total. The minimum absolute atomic E-state index is 0.631. The lowest BCUT2D eigenvalue weighted by molar-refractivity contribution is 1.07. The summed E-state index contributed by atoms with van der Waals surface area (Å²) in [5, 5.41) is 11.9. The van der Waals surface area contributed by atoms with Crippen molar-refractivity contribution < 1.29 is 0 Å². The first-order valence-electron chi connectivity index (χ1n) is 18.0. The van der Waals surface area contributed by atoms with Crippen LogP contribution in [0, 0.1) is 0 Å². The van der Waals surface area contributed by atoms with Gasteiger partial charge < -0.3 is 4.57 Å². The highest BCUT2D eigenvalue weighted by Crippen LogP contribution is 2.40. The Morgan fingerprint density at radius 1 is 0.321 bits per heavy atom. The number of hydrogen-bond donors (Lipinski definition) is 0. The van der Waals surface area contributed by atoms with Gasteiger partial charge in [0.15, 0.2) is 17.5 Å². The zero-order chi connectivity index (χ0) is 34.9. The molecule has 4 heteroatoms. The minimum Gasteiger partial charge on any atom is -0.308 e. The molecule has 0 amide bonds. The maximum atomic E-state index is 5.39. The fraction of sp³-hybridized carbons (Fsp3) is 0. The third-order valence-corrected chi connectivity index (χ3v) is 10.6. The quantitative estimate of drug-likeness (QED) is 0.175. The number of rotatable bonds is 4. The van der Waals surface area contributed by atoms with Crippen LogP contribution in [0.15, 0.2) is 182 Å². The number of benzene rings is 9. The Morgan fingerprint density at radius 2 is 0.811 bits per heavy atom. The number of fused-ring (bicyclic) bond motifs is 9. The fourth-order valence-corrected chi connectivity index (χ4v) is 8.16. The summed E-state index contributed by atoms with van der Waals surface area (Å²) in [7, 11) is 0. The lowest BCUT2D eigenvalue weighted by atomic mass is 9.95. The van der Waals surface area contributed by atoms with Crippen LogP contribution in [0.5, 0.6) is 0 Å².